The molecule has 1 aliphatic rings. The van der Waals surface area contributed by atoms with Crippen molar-refractivity contribution in [1.29, 1.82) is 0 Å². The molecule has 166 valence electrons. The van der Waals surface area contributed by atoms with Crippen LogP contribution in [0, 0.1) is 23.5 Å². The molecule has 6 heteroatoms. The maximum atomic E-state index is 13.1. The van der Waals surface area contributed by atoms with Crippen molar-refractivity contribution in [2.75, 3.05) is 6.61 Å². The zero-order valence-electron chi connectivity index (χ0n) is 17.8. The summed E-state index contributed by atoms with van der Waals surface area (Å²) >= 11 is 0. The first kappa shape index (κ1) is 25.2. The molecule has 4 nitrogen and oxygen atoms in total. The van der Waals surface area contributed by atoms with Crippen molar-refractivity contribution in [1.82, 2.24) is 0 Å². The summed E-state index contributed by atoms with van der Waals surface area (Å²) < 4.78 is 31.0. The van der Waals surface area contributed by atoms with Gasteiger partial charge in [-0.25, -0.2) is 0 Å². The Morgan fingerprint density at radius 1 is 1.00 bits per heavy atom. The number of carbonyl (C=O) groups is 1. The van der Waals surface area contributed by atoms with Crippen molar-refractivity contribution < 1.29 is 28.5 Å². The first-order valence-corrected chi connectivity index (χ1v) is 10.9. The third-order valence-electron chi connectivity index (χ3n) is 5.44. The zero-order chi connectivity index (χ0) is 21.6. The summed E-state index contributed by atoms with van der Waals surface area (Å²) in [7, 11) is 0. The van der Waals surface area contributed by atoms with E-state index in [1.165, 1.54) is 31.7 Å². The number of hydrogen-bond acceptors (Lipinski definition) is 3. The van der Waals surface area contributed by atoms with E-state index in [0.717, 1.165) is 56.9 Å². The minimum Gasteiger partial charge on any atom is -0.505 e. The number of aromatic hydroxyl groups is 1. The van der Waals surface area contributed by atoms with Gasteiger partial charge in [0.2, 0.25) is 11.6 Å². The Labute approximate surface area is 173 Å². The van der Waals surface area contributed by atoms with E-state index in [0.29, 0.717) is 6.61 Å². The summed E-state index contributed by atoms with van der Waals surface area (Å²) in [5, 5.41) is 17.7. The topological polar surface area (TPSA) is 66.8 Å². The van der Waals surface area contributed by atoms with Crippen molar-refractivity contribution in [3.05, 3.63) is 23.8 Å². The summed E-state index contributed by atoms with van der Waals surface area (Å²) in [5.74, 6) is -3.06. The van der Waals surface area contributed by atoms with Crippen molar-refractivity contribution in [3.63, 3.8) is 0 Å². The normalized spacial score (nSPS) is 18.6. The molecule has 0 aliphatic heterocycles. The summed E-state index contributed by atoms with van der Waals surface area (Å²) in [6, 6.07) is 2.30. The second-order valence-corrected chi connectivity index (χ2v) is 7.82. The third-order valence-corrected chi connectivity index (χ3v) is 5.44. The molecule has 1 fully saturated rings. The highest BCUT2D eigenvalue weighted by Gasteiger charge is 2.25. The van der Waals surface area contributed by atoms with Crippen molar-refractivity contribution >= 4 is 5.97 Å². The van der Waals surface area contributed by atoms with Crippen LogP contribution in [0.15, 0.2) is 12.1 Å². The Kier molecular flexibility index (Phi) is 12.3. The molecule has 2 rings (SSSR count). The zero-order valence-corrected chi connectivity index (χ0v) is 17.8. The van der Waals surface area contributed by atoms with Crippen LogP contribution in [0.4, 0.5) is 8.78 Å². The van der Waals surface area contributed by atoms with Crippen molar-refractivity contribution in [2.24, 2.45) is 11.8 Å². The number of benzene rings is 1. The van der Waals surface area contributed by atoms with Gasteiger partial charge in [-0.15, -0.1) is 0 Å². The van der Waals surface area contributed by atoms with Gasteiger partial charge in [0.05, 0.1) is 12.5 Å². The van der Waals surface area contributed by atoms with E-state index >= 15 is 0 Å². The number of hydrogen-bond donors (Lipinski definition) is 2. The SMILES string of the molecule is CCCCCC1CCC(C(=O)O)CC1.CCCCCOc1ccc(O)c(F)c1F. The van der Waals surface area contributed by atoms with Crippen LogP contribution in [-0.2, 0) is 4.79 Å². The molecular formula is C23H36F2O4. The lowest BCUT2D eigenvalue weighted by atomic mass is 9.80. The largest absolute Gasteiger partial charge is 0.505 e. The van der Waals surface area contributed by atoms with Crippen LogP contribution >= 0.6 is 0 Å². The number of phenols is 1. The fraction of sp³-hybridized carbons (Fsp3) is 0.696. The summed E-state index contributed by atoms with van der Waals surface area (Å²) in [6.07, 6.45) is 12.2. The molecule has 1 aromatic rings. The predicted octanol–water partition coefficient (Wildman–Crippen LogP) is 6.70. The van der Waals surface area contributed by atoms with E-state index in [4.69, 9.17) is 14.9 Å². The highest BCUT2D eigenvalue weighted by Crippen LogP contribution is 2.32. The quantitative estimate of drug-likeness (QED) is 0.418. The Bertz CT molecular complexity index is 599. The summed E-state index contributed by atoms with van der Waals surface area (Å²) in [5.41, 5.74) is 0. The molecular weight excluding hydrogens is 378 g/mol. The number of rotatable bonds is 10. The van der Waals surface area contributed by atoms with Crippen LogP contribution in [-0.4, -0.2) is 22.8 Å². The molecule has 0 radical (unpaired) electrons. The fourth-order valence-electron chi connectivity index (χ4n) is 3.55. The van der Waals surface area contributed by atoms with E-state index in [1.54, 1.807) is 0 Å². The summed E-state index contributed by atoms with van der Waals surface area (Å²) in [6.45, 7) is 4.62. The van der Waals surface area contributed by atoms with Gasteiger partial charge in [0.1, 0.15) is 0 Å². The fourth-order valence-corrected chi connectivity index (χ4v) is 3.55. The average Bonchev–Trinajstić information content (AvgIpc) is 2.72. The van der Waals surface area contributed by atoms with Gasteiger partial charge >= 0.3 is 5.97 Å². The Hall–Kier alpha value is -1.85. The lowest BCUT2D eigenvalue weighted by Gasteiger charge is -2.25. The molecule has 0 amide bonds. The average molecular weight is 415 g/mol. The Morgan fingerprint density at radius 3 is 2.21 bits per heavy atom. The number of unbranched alkanes of at least 4 members (excludes halogenated alkanes) is 4. The van der Waals surface area contributed by atoms with E-state index in [1.807, 2.05) is 6.92 Å². The second kappa shape index (κ2) is 14.2. The standard InChI is InChI=1S/C12H22O2.C11H14F2O2/c1-2-3-4-5-10-6-8-11(9-7-10)12(13)14;1-2-3-4-7-15-9-6-5-8(14)10(12)11(9)13/h10-11H,2-9H2,1H3,(H,13,14);5-6,14H,2-4,7H2,1H3. The molecule has 1 aliphatic carbocycles. The molecule has 29 heavy (non-hydrogen) atoms. The van der Waals surface area contributed by atoms with Crippen molar-refractivity contribution in [3.8, 4) is 11.5 Å². The molecule has 1 saturated carbocycles. The highest BCUT2D eigenvalue weighted by atomic mass is 19.2. The number of carboxylic acids is 1. The maximum Gasteiger partial charge on any atom is 0.306 e. The number of aliphatic carboxylic acids is 1. The van der Waals surface area contributed by atoms with Gasteiger partial charge in [-0.1, -0.05) is 52.4 Å². The lowest BCUT2D eigenvalue weighted by Crippen LogP contribution is -2.21. The molecule has 0 heterocycles. The Morgan fingerprint density at radius 2 is 1.62 bits per heavy atom. The van der Waals surface area contributed by atoms with E-state index in [9.17, 15) is 13.6 Å². The smallest absolute Gasteiger partial charge is 0.306 e. The molecule has 0 aromatic heterocycles. The molecule has 1 aromatic carbocycles. The molecule has 0 saturated heterocycles. The van der Waals surface area contributed by atoms with Crippen LogP contribution in [0.5, 0.6) is 11.5 Å². The van der Waals surface area contributed by atoms with Crippen LogP contribution in [0.1, 0.15) is 84.5 Å². The van der Waals surface area contributed by atoms with E-state index in [2.05, 4.69) is 6.92 Å². The first-order valence-electron chi connectivity index (χ1n) is 10.9. The van der Waals surface area contributed by atoms with Gasteiger partial charge in [-0.3, -0.25) is 4.79 Å². The minimum absolute atomic E-state index is 0.0441. The second-order valence-electron chi connectivity index (χ2n) is 7.82. The number of phenolic OH excluding ortho intramolecular Hbond substituents is 1. The number of halogens is 2. The third kappa shape index (κ3) is 9.46. The van der Waals surface area contributed by atoms with Gasteiger partial charge in [0, 0.05) is 0 Å². The predicted molar refractivity (Wildman–Crippen MR) is 110 cm³/mol. The lowest BCUT2D eigenvalue weighted by molar-refractivity contribution is -0.143. The van der Waals surface area contributed by atoms with Gasteiger partial charge in [-0.2, -0.15) is 8.78 Å². The molecule has 0 atom stereocenters. The van der Waals surface area contributed by atoms with Crippen LogP contribution < -0.4 is 4.74 Å². The van der Waals surface area contributed by atoms with E-state index < -0.39 is 23.4 Å². The molecule has 0 unspecified atom stereocenters. The highest BCUT2D eigenvalue weighted by molar-refractivity contribution is 5.69. The maximum absolute atomic E-state index is 13.1. The van der Waals surface area contributed by atoms with Crippen molar-refractivity contribution in [2.45, 2.75) is 84.5 Å². The van der Waals surface area contributed by atoms with Gasteiger partial charge in [0.25, 0.3) is 0 Å². The van der Waals surface area contributed by atoms with Gasteiger partial charge in [-0.05, 0) is 50.2 Å². The number of ether oxygens (including phenoxy) is 1. The Balaban J connectivity index is 0.000000291. The first-order chi connectivity index (χ1) is 13.9. The van der Waals surface area contributed by atoms with Gasteiger partial charge < -0.3 is 14.9 Å². The molecule has 0 spiro atoms. The van der Waals surface area contributed by atoms with Crippen LogP contribution in [0.25, 0.3) is 0 Å². The van der Waals surface area contributed by atoms with Crippen LogP contribution in [0.3, 0.4) is 0 Å². The summed E-state index contributed by atoms with van der Waals surface area (Å²) in [4.78, 5) is 10.7. The molecule has 2 N–H and O–H groups in total. The van der Waals surface area contributed by atoms with Crippen LogP contribution in [0.2, 0.25) is 0 Å². The van der Waals surface area contributed by atoms with E-state index in [-0.39, 0.29) is 11.7 Å². The minimum atomic E-state index is -1.26. The van der Waals surface area contributed by atoms with Gasteiger partial charge in [0.15, 0.2) is 11.5 Å². The monoisotopic (exact) mass is 414 g/mol. The number of carboxylic acid groups (broad SMARTS) is 1. The molecule has 0 bridgehead atoms.